The number of fused-ring (bicyclic) bond motifs is 1. The molecule has 0 unspecified atom stereocenters. The summed E-state index contributed by atoms with van der Waals surface area (Å²) in [6, 6.07) is 14.9. The number of benzene rings is 2. The van der Waals surface area contributed by atoms with Crippen molar-refractivity contribution in [3.63, 3.8) is 0 Å². The lowest BCUT2D eigenvalue weighted by Crippen LogP contribution is -2.38. The summed E-state index contributed by atoms with van der Waals surface area (Å²) in [6.07, 6.45) is 1.97. The first-order valence-corrected chi connectivity index (χ1v) is 7.67. The molecule has 1 aliphatic heterocycles. The largest absolute Gasteiger partial charge is 0.326 e. The molecule has 5 nitrogen and oxygen atoms in total. The Morgan fingerprint density at radius 1 is 0.957 bits per heavy atom. The molecule has 2 N–H and O–H groups in total. The van der Waals surface area contributed by atoms with E-state index in [0.29, 0.717) is 17.9 Å². The number of carbonyl (C=O) groups excluding carboxylic acids is 2. The highest BCUT2D eigenvalue weighted by molar-refractivity contribution is 6.02. The van der Waals surface area contributed by atoms with Crippen molar-refractivity contribution in [2.75, 3.05) is 22.1 Å². The van der Waals surface area contributed by atoms with Crippen LogP contribution < -0.4 is 15.5 Å². The summed E-state index contributed by atoms with van der Waals surface area (Å²) < 4.78 is 0. The number of hydrogen-bond donors (Lipinski definition) is 2. The van der Waals surface area contributed by atoms with E-state index in [4.69, 9.17) is 0 Å². The Hall–Kier alpha value is -2.82. The van der Waals surface area contributed by atoms with Gasteiger partial charge < -0.3 is 10.6 Å². The Morgan fingerprint density at radius 2 is 1.61 bits per heavy atom. The molecule has 0 saturated heterocycles. The second-order valence-electron chi connectivity index (χ2n) is 5.57. The van der Waals surface area contributed by atoms with Gasteiger partial charge >= 0.3 is 6.03 Å². The van der Waals surface area contributed by atoms with E-state index in [2.05, 4.69) is 16.7 Å². The van der Waals surface area contributed by atoms with Crippen molar-refractivity contribution >= 4 is 29.0 Å². The summed E-state index contributed by atoms with van der Waals surface area (Å²) in [5.74, 6) is -0.119. The lowest BCUT2D eigenvalue weighted by molar-refractivity contribution is -0.114. The monoisotopic (exact) mass is 309 g/mol. The Bertz CT molecular complexity index is 725. The normalized spacial score (nSPS) is 13.2. The summed E-state index contributed by atoms with van der Waals surface area (Å²) in [5, 5.41) is 5.61. The zero-order valence-corrected chi connectivity index (χ0v) is 13.0. The van der Waals surface area contributed by atoms with E-state index >= 15 is 0 Å². The van der Waals surface area contributed by atoms with Crippen molar-refractivity contribution in [3.8, 4) is 0 Å². The van der Waals surface area contributed by atoms with E-state index in [1.54, 1.807) is 29.2 Å². The fourth-order valence-electron chi connectivity index (χ4n) is 2.78. The van der Waals surface area contributed by atoms with Crippen LogP contribution in [0, 0.1) is 0 Å². The fraction of sp³-hybridized carbons (Fsp3) is 0.222. The van der Waals surface area contributed by atoms with Crippen LogP contribution in [0.15, 0.2) is 48.5 Å². The van der Waals surface area contributed by atoms with E-state index in [9.17, 15) is 9.59 Å². The summed E-state index contributed by atoms with van der Waals surface area (Å²) in [4.78, 5) is 25.3. The Kier molecular flexibility index (Phi) is 4.28. The minimum Gasteiger partial charge on any atom is -0.326 e. The van der Waals surface area contributed by atoms with Gasteiger partial charge in [-0.1, -0.05) is 18.2 Å². The number of anilines is 3. The lowest BCUT2D eigenvalue weighted by atomic mass is 10.0. The van der Waals surface area contributed by atoms with E-state index in [1.807, 2.05) is 18.2 Å². The SMILES string of the molecule is CC(=O)Nc1ccc(NC(=O)N2CCCc3ccccc32)cc1. The maximum Gasteiger partial charge on any atom is 0.326 e. The summed E-state index contributed by atoms with van der Waals surface area (Å²) in [6.45, 7) is 2.18. The molecule has 0 fully saturated rings. The van der Waals surface area contributed by atoms with Crippen LogP contribution >= 0.6 is 0 Å². The molecule has 0 bridgehead atoms. The first-order chi connectivity index (χ1) is 11.1. The Balaban J connectivity index is 1.71. The third-order valence-corrected chi connectivity index (χ3v) is 3.81. The highest BCUT2D eigenvalue weighted by Crippen LogP contribution is 2.27. The molecule has 0 aromatic heterocycles. The molecule has 23 heavy (non-hydrogen) atoms. The van der Waals surface area contributed by atoms with Crippen LogP contribution in [-0.2, 0) is 11.2 Å². The third kappa shape index (κ3) is 3.51. The van der Waals surface area contributed by atoms with Crippen molar-refractivity contribution in [3.05, 3.63) is 54.1 Å². The smallest absolute Gasteiger partial charge is 0.326 e. The number of hydrogen-bond acceptors (Lipinski definition) is 2. The highest BCUT2D eigenvalue weighted by atomic mass is 16.2. The molecule has 3 amide bonds. The van der Waals surface area contributed by atoms with Gasteiger partial charge in [0.2, 0.25) is 5.91 Å². The van der Waals surface area contributed by atoms with Gasteiger partial charge in [-0.15, -0.1) is 0 Å². The van der Waals surface area contributed by atoms with E-state index in [-0.39, 0.29) is 11.9 Å². The van der Waals surface area contributed by atoms with Crippen LogP contribution in [0.3, 0.4) is 0 Å². The van der Waals surface area contributed by atoms with E-state index < -0.39 is 0 Å². The minimum atomic E-state index is -0.135. The second kappa shape index (κ2) is 6.52. The van der Waals surface area contributed by atoms with Gasteiger partial charge in [0.05, 0.1) is 0 Å². The number of amides is 3. The average Bonchev–Trinajstić information content (AvgIpc) is 2.55. The molecule has 2 aromatic carbocycles. The number of nitrogens with zero attached hydrogens (tertiary/aromatic N) is 1. The molecule has 1 aliphatic rings. The number of urea groups is 1. The van der Waals surface area contributed by atoms with Gasteiger partial charge in [0.1, 0.15) is 0 Å². The standard InChI is InChI=1S/C18H19N3O2/c1-13(22)19-15-8-10-16(11-9-15)20-18(23)21-12-4-6-14-5-2-3-7-17(14)21/h2-3,5,7-11H,4,6,12H2,1H3,(H,19,22)(H,20,23). The number of nitrogens with one attached hydrogen (secondary N) is 2. The van der Waals surface area contributed by atoms with Crippen LogP contribution in [-0.4, -0.2) is 18.5 Å². The number of aryl methyl sites for hydroxylation is 1. The van der Waals surface area contributed by atoms with Gasteiger partial charge in [0, 0.05) is 30.5 Å². The number of carbonyl (C=O) groups is 2. The van der Waals surface area contributed by atoms with Crippen molar-refractivity contribution in [1.82, 2.24) is 0 Å². The molecule has 0 radical (unpaired) electrons. The van der Waals surface area contributed by atoms with Crippen molar-refractivity contribution in [1.29, 1.82) is 0 Å². The molecule has 0 atom stereocenters. The predicted molar refractivity (Wildman–Crippen MR) is 91.9 cm³/mol. The minimum absolute atomic E-state index is 0.119. The fourth-order valence-corrected chi connectivity index (χ4v) is 2.78. The van der Waals surface area contributed by atoms with Crippen molar-refractivity contribution in [2.45, 2.75) is 19.8 Å². The number of para-hydroxylation sites is 1. The van der Waals surface area contributed by atoms with Gasteiger partial charge in [-0.3, -0.25) is 9.69 Å². The Morgan fingerprint density at radius 3 is 2.30 bits per heavy atom. The van der Waals surface area contributed by atoms with Crippen molar-refractivity contribution < 1.29 is 9.59 Å². The van der Waals surface area contributed by atoms with Crippen LogP contribution in [0.1, 0.15) is 18.9 Å². The zero-order valence-electron chi connectivity index (χ0n) is 13.0. The van der Waals surface area contributed by atoms with Crippen LogP contribution in [0.25, 0.3) is 0 Å². The molecule has 2 aromatic rings. The second-order valence-corrected chi connectivity index (χ2v) is 5.57. The van der Waals surface area contributed by atoms with Gasteiger partial charge in [-0.25, -0.2) is 4.79 Å². The zero-order chi connectivity index (χ0) is 16.2. The average molecular weight is 309 g/mol. The summed E-state index contributed by atoms with van der Waals surface area (Å²) in [7, 11) is 0. The number of rotatable bonds is 2. The maximum absolute atomic E-state index is 12.5. The summed E-state index contributed by atoms with van der Waals surface area (Å²) >= 11 is 0. The van der Waals surface area contributed by atoms with Crippen LogP contribution in [0.4, 0.5) is 21.9 Å². The van der Waals surface area contributed by atoms with E-state index in [0.717, 1.165) is 18.5 Å². The molecule has 3 rings (SSSR count). The first kappa shape index (κ1) is 15.1. The van der Waals surface area contributed by atoms with Crippen molar-refractivity contribution in [2.24, 2.45) is 0 Å². The molecule has 0 spiro atoms. The predicted octanol–water partition coefficient (Wildman–Crippen LogP) is 3.63. The quantitative estimate of drug-likeness (QED) is 0.890. The first-order valence-electron chi connectivity index (χ1n) is 7.67. The van der Waals surface area contributed by atoms with Crippen LogP contribution in [0.2, 0.25) is 0 Å². The topological polar surface area (TPSA) is 61.4 Å². The molecular formula is C18H19N3O2. The molecule has 0 aliphatic carbocycles. The molecule has 5 heteroatoms. The lowest BCUT2D eigenvalue weighted by Gasteiger charge is -2.29. The van der Waals surface area contributed by atoms with Crippen LogP contribution in [0.5, 0.6) is 0 Å². The van der Waals surface area contributed by atoms with Gasteiger partial charge in [-0.2, -0.15) is 0 Å². The molecule has 1 heterocycles. The molecule has 118 valence electrons. The van der Waals surface area contributed by atoms with E-state index in [1.165, 1.54) is 12.5 Å². The van der Waals surface area contributed by atoms with Gasteiger partial charge in [-0.05, 0) is 48.7 Å². The maximum atomic E-state index is 12.5. The summed E-state index contributed by atoms with van der Waals surface area (Å²) in [5.41, 5.74) is 3.59. The highest BCUT2D eigenvalue weighted by Gasteiger charge is 2.21. The van der Waals surface area contributed by atoms with Gasteiger partial charge in [0.25, 0.3) is 0 Å². The molecule has 0 saturated carbocycles. The molecular weight excluding hydrogens is 290 g/mol. The Labute approximate surface area is 135 Å². The van der Waals surface area contributed by atoms with Gasteiger partial charge in [0.15, 0.2) is 0 Å². The third-order valence-electron chi connectivity index (χ3n) is 3.81.